The number of carbonyl (C=O) groups is 1. The van der Waals surface area contributed by atoms with Gasteiger partial charge in [-0.25, -0.2) is 9.07 Å². The molecule has 27 heavy (non-hydrogen) atoms. The van der Waals surface area contributed by atoms with Crippen LogP contribution < -0.4 is 10.1 Å². The number of amides is 1. The van der Waals surface area contributed by atoms with Crippen LogP contribution in [0.4, 0.5) is 10.2 Å². The predicted octanol–water partition coefficient (Wildman–Crippen LogP) is 4.40. The molecule has 1 amide bonds. The van der Waals surface area contributed by atoms with E-state index >= 15 is 0 Å². The highest BCUT2D eigenvalue weighted by Crippen LogP contribution is 2.47. The van der Waals surface area contributed by atoms with Crippen LogP contribution in [0.25, 0.3) is 5.69 Å². The number of hydrogen-bond acceptors (Lipinski definition) is 3. The topological polar surface area (TPSA) is 56.1 Å². The number of benzene rings is 2. The molecular weight excluding hydrogens is 345 g/mol. The number of nitrogens with zero attached hydrogens (tertiary/aromatic N) is 2. The Morgan fingerprint density at radius 1 is 1.22 bits per heavy atom. The largest absolute Gasteiger partial charge is 0.494 e. The Bertz CT molecular complexity index is 984. The average Bonchev–Trinajstić information content (AvgIpc) is 3.27. The van der Waals surface area contributed by atoms with Crippen LogP contribution in [0.15, 0.2) is 54.6 Å². The van der Waals surface area contributed by atoms with Crippen molar-refractivity contribution >= 4 is 11.7 Å². The van der Waals surface area contributed by atoms with Gasteiger partial charge in [0.05, 0.1) is 24.1 Å². The van der Waals surface area contributed by atoms with Gasteiger partial charge in [-0.05, 0) is 36.6 Å². The summed E-state index contributed by atoms with van der Waals surface area (Å²) in [7, 11) is 1.37. The van der Waals surface area contributed by atoms with Crippen molar-refractivity contribution < 1.29 is 13.9 Å². The van der Waals surface area contributed by atoms with Crippen LogP contribution in [-0.2, 0) is 0 Å². The summed E-state index contributed by atoms with van der Waals surface area (Å²) in [6.45, 7) is 2.18. The van der Waals surface area contributed by atoms with E-state index in [1.54, 1.807) is 10.7 Å². The fourth-order valence-corrected chi connectivity index (χ4v) is 3.20. The third-order valence-corrected chi connectivity index (χ3v) is 4.89. The molecular formula is C21H20FN3O2. The van der Waals surface area contributed by atoms with E-state index in [0.717, 1.165) is 17.8 Å². The van der Waals surface area contributed by atoms with Gasteiger partial charge in [-0.2, -0.15) is 5.10 Å². The first-order chi connectivity index (χ1) is 13.1. The molecule has 1 heterocycles. The number of carbonyl (C=O) groups excluding carboxylic acids is 1. The van der Waals surface area contributed by atoms with E-state index in [0.29, 0.717) is 17.7 Å². The molecule has 4 rings (SSSR count). The fourth-order valence-electron chi connectivity index (χ4n) is 3.20. The number of anilines is 1. The number of para-hydroxylation sites is 1. The maximum absolute atomic E-state index is 14.4. The molecule has 2 atom stereocenters. The van der Waals surface area contributed by atoms with Crippen molar-refractivity contribution in [2.75, 3.05) is 12.4 Å². The zero-order valence-corrected chi connectivity index (χ0v) is 15.1. The first-order valence-corrected chi connectivity index (χ1v) is 8.87. The summed E-state index contributed by atoms with van der Waals surface area (Å²) in [5, 5.41) is 7.48. The lowest BCUT2D eigenvalue weighted by Gasteiger charge is -2.10. The Hall–Kier alpha value is -3.15. The number of ether oxygens (including phenoxy) is 1. The highest BCUT2D eigenvalue weighted by molar-refractivity contribution is 6.04. The molecule has 5 nitrogen and oxygen atoms in total. The lowest BCUT2D eigenvalue weighted by atomic mass is 10.2. The number of halogens is 1. The molecule has 1 aromatic heterocycles. The summed E-state index contributed by atoms with van der Waals surface area (Å²) in [4.78, 5) is 12.7. The minimum atomic E-state index is -0.681. The van der Waals surface area contributed by atoms with E-state index in [-0.39, 0.29) is 11.3 Å². The second-order valence-corrected chi connectivity index (χ2v) is 6.80. The van der Waals surface area contributed by atoms with E-state index in [1.807, 2.05) is 36.4 Å². The summed E-state index contributed by atoms with van der Waals surface area (Å²) in [6, 6.07) is 15.9. The molecule has 1 aliphatic rings. The molecule has 0 aliphatic heterocycles. The Morgan fingerprint density at radius 2 is 1.96 bits per heavy atom. The second kappa shape index (κ2) is 6.87. The quantitative estimate of drug-likeness (QED) is 0.729. The molecule has 1 saturated carbocycles. The maximum atomic E-state index is 14.4. The Morgan fingerprint density at radius 3 is 2.63 bits per heavy atom. The molecule has 138 valence electrons. The SMILES string of the molecule is COc1cccc(C(=O)Nc2cc([C@H]3C[C@@H]3C)nn2-c2ccccc2)c1F. The molecule has 0 bridgehead atoms. The van der Waals surface area contributed by atoms with Crippen LogP contribution in [0.3, 0.4) is 0 Å². The Labute approximate surface area is 156 Å². The van der Waals surface area contributed by atoms with Gasteiger partial charge < -0.3 is 10.1 Å². The number of hydrogen-bond donors (Lipinski definition) is 1. The zero-order chi connectivity index (χ0) is 19.0. The van der Waals surface area contributed by atoms with Gasteiger partial charge >= 0.3 is 0 Å². The number of aromatic nitrogens is 2. The first kappa shape index (κ1) is 17.3. The highest BCUT2D eigenvalue weighted by Gasteiger charge is 2.36. The Kier molecular flexibility index (Phi) is 4.39. The molecule has 1 fully saturated rings. The minimum absolute atomic E-state index is 0.0340. The molecule has 1 N–H and O–H groups in total. The van der Waals surface area contributed by atoms with Gasteiger partial charge in [-0.3, -0.25) is 4.79 Å². The molecule has 6 heteroatoms. The minimum Gasteiger partial charge on any atom is -0.494 e. The van der Waals surface area contributed by atoms with Gasteiger partial charge in [0, 0.05) is 12.0 Å². The molecule has 0 spiro atoms. The van der Waals surface area contributed by atoms with Crippen molar-refractivity contribution in [2.45, 2.75) is 19.3 Å². The second-order valence-electron chi connectivity index (χ2n) is 6.80. The molecule has 2 aromatic carbocycles. The van der Waals surface area contributed by atoms with Crippen molar-refractivity contribution in [3.63, 3.8) is 0 Å². The summed E-state index contributed by atoms with van der Waals surface area (Å²) >= 11 is 0. The van der Waals surface area contributed by atoms with Gasteiger partial charge in [-0.15, -0.1) is 0 Å². The van der Waals surface area contributed by atoms with Crippen molar-refractivity contribution in [1.29, 1.82) is 0 Å². The van der Waals surface area contributed by atoms with Gasteiger partial charge in [-0.1, -0.05) is 31.2 Å². The fraction of sp³-hybridized carbons (Fsp3) is 0.238. The van der Waals surface area contributed by atoms with Gasteiger partial charge in [0.25, 0.3) is 5.91 Å². The maximum Gasteiger partial charge on any atom is 0.259 e. The molecule has 0 saturated heterocycles. The van der Waals surface area contributed by atoms with Gasteiger partial charge in [0.15, 0.2) is 11.6 Å². The number of nitrogens with one attached hydrogen (secondary N) is 1. The van der Waals surface area contributed by atoms with Crippen LogP contribution >= 0.6 is 0 Å². The van der Waals surface area contributed by atoms with Crippen LogP contribution in [0.5, 0.6) is 5.75 Å². The third kappa shape index (κ3) is 3.30. The first-order valence-electron chi connectivity index (χ1n) is 8.87. The van der Waals surface area contributed by atoms with Crippen molar-refractivity contribution in [3.8, 4) is 11.4 Å². The summed E-state index contributed by atoms with van der Waals surface area (Å²) in [6.07, 6.45) is 1.09. The lowest BCUT2D eigenvalue weighted by Crippen LogP contribution is -2.16. The van der Waals surface area contributed by atoms with E-state index in [1.165, 1.54) is 19.2 Å². The standard InChI is InChI=1S/C21H20FN3O2/c1-13-11-16(13)17-12-19(25(24-17)14-7-4-3-5-8-14)23-21(26)15-9-6-10-18(27-2)20(15)22/h3-10,12-13,16H,11H2,1-2H3,(H,23,26)/t13-,16-/m0/s1. The normalized spacial score (nSPS) is 18.2. The summed E-state index contributed by atoms with van der Waals surface area (Å²) in [5.41, 5.74) is 1.70. The highest BCUT2D eigenvalue weighted by atomic mass is 19.1. The monoisotopic (exact) mass is 365 g/mol. The van der Waals surface area contributed by atoms with Crippen LogP contribution in [0.2, 0.25) is 0 Å². The van der Waals surface area contributed by atoms with Crippen molar-refractivity contribution in [1.82, 2.24) is 9.78 Å². The smallest absolute Gasteiger partial charge is 0.259 e. The van der Waals surface area contributed by atoms with Gasteiger partial charge in [0.2, 0.25) is 0 Å². The summed E-state index contributed by atoms with van der Waals surface area (Å²) < 4.78 is 21.1. The number of rotatable bonds is 5. The van der Waals surface area contributed by atoms with Crippen LogP contribution in [0.1, 0.15) is 35.3 Å². The molecule has 3 aromatic rings. The molecule has 1 aliphatic carbocycles. The van der Waals surface area contributed by atoms with Gasteiger partial charge in [0.1, 0.15) is 5.82 Å². The van der Waals surface area contributed by atoms with E-state index < -0.39 is 11.7 Å². The average molecular weight is 365 g/mol. The molecule has 0 unspecified atom stereocenters. The summed E-state index contributed by atoms with van der Waals surface area (Å²) in [5.74, 6) is 0.315. The van der Waals surface area contributed by atoms with Crippen molar-refractivity contribution in [3.05, 3.63) is 71.7 Å². The predicted molar refractivity (Wildman–Crippen MR) is 101 cm³/mol. The number of methoxy groups -OCH3 is 1. The third-order valence-electron chi connectivity index (χ3n) is 4.89. The van der Waals surface area contributed by atoms with E-state index in [9.17, 15) is 9.18 Å². The molecule has 0 radical (unpaired) electrons. The van der Waals surface area contributed by atoms with Crippen LogP contribution in [-0.4, -0.2) is 22.8 Å². The zero-order valence-electron chi connectivity index (χ0n) is 15.1. The van der Waals surface area contributed by atoms with Crippen LogP contribution in [0, 0.1) is 11.7 Å². The lowest BCUT2D eigenvalue weighted by molar-refractivity contribution is 0.102. The van der Waals surface area contributed by atoms with Crippen molar-refractivity contribution in [2.24, 2.45) is 5.92 Å². The Balaban J connectivity index is 1.69. The van der Waals surface area contributed by atoms with E-state index in [4.69, 9.17) is 4.74 Å². The van der Waals surface area contributed by atoms with E-state index in [2.05, 4.69) is 17.3 Å².